The number of nitrogens with one attached hydrogen (secondary N) is 2. The van der Waals surface area contributed by atoms with Gasteiger partial charge in [-0.05, 0) is 49.1 Å². The number of carbonyl (C=O) groups excluding carboxylic acids is 1. The Bertz CT molecular complexity index is 735. The number of hydrogen-bond donors (Lipinski definition) is 2. The van der Waals surface area contributed by atoms with E-state index in [0.717, 1.165) is 12.8 Å². The zero-order valence-electron chi connectivity index (χ0n) is 12.8. The van der Waals surface area contributed by atoms with E-state index in [1.807, 2.05) is 19.1 Å². The van der Waals surface area contributed by atoms with Crippen molar-refractivity contribution in [3.8, 4) is 0 Å². The van der Waals surface area contributed by atoms with Crippen LogP contribution in [0.3, 0.4) is 0 Å². The Morgan fingerprint density at radius 1 is 1.30 bits per heavy atom. The summed E-state index contributed by atoms with van der Waals surface area (Å²) in [4.78, 5) is 12.3. The molecule has 0 radical (unpaired) electrons. The van der Waals surface area contributed by atoms with Crippen molar-refractivity contribution in [2.24, 2.45) is 0 Å². The largest absolute Gasteiger partial charge is 0.323 e. The Labute approximate surface area is 139 Å². The minimum Gasteiger partial charge on any atom is -0.323 e. The van der Waals surface area contributed by atoms with Crippen molar-refractivity contribution in [3.63, 3.8) is 0 Å². The molecule has 2 atom stereocenters. The average Bonchev–Trinajstić information content (AvgIpc) is 2.93. The highest BCUT2D eigenvalue weighted by Crippen LogP contribution is 2.31. The van der Waals surface area contributed by atoms with Gasteiger partial charge in [-0.15, -0.1) is 0 Å². The van der Waals surface area contributed by atoms with Gasteiger partial charge in [0, 0.05) is 6.04 Å². The molecule has 3 nitrogen and oxygen atoms in total. The summed E-state index contributed by atoms with van der Waals surface area (Å²) in [5, 5.41) is 6.28. The van der Waals surface area contributed by atoms with E-state index in [9.17, 15) is 9.18 Å². The summed E-state index contributed by atoms with van der Waals surface area (Å²) in [5.74, 6) is -0.621. The summed E-state index contributed by atoms with van der Waals surface area (Å²) in [6.07, 6.45) is 2.00. The first-order valence-electron chi connectivity index (χ1n) is 7.64. The minimum atomic E-state index is -0.429. The van der Waals surface area contributed by atoms with Crippen molar-refractivity contribution in [2.75, 3.05) is 5.32 Å². The molecule has 0 aliphatic heterocycles. The van der Waals surface area contributed by atoms with Crippen LogP contribution in [-0.4, -0.2) is 11.9 Å². The van der Waals surface area contributed by atoms with Gasteiger partial charge in [0.1, 0.15) is 5.82 Å². The molecular formula is C18H18ClFN2O. The third-order valence-corrected chi connectivity index (χ3v) is 4.48. The quantitative estimate of drug-likeness (QED) is 0.885. The van der Waals surface area contributed by atoms with E-state index in [1.165, 1.54) is 29.3 Å². The summed E-state index contributed by atoms with van der Waals surface area (Å²) >= 11 is 5.94. The van der Waals surface area contributed by atoms with Crippen LogP contribution >= 0.6 is 11.6 Å². The van der Waals surface area contributed by atoms with Gasteiger partial charge in [-0.3, -0.25) is 10.1 Å². The maximum absolute atomic E-state index is 13.0. The van der Waals surface area contributed by atoms with E-state index in [0.29, 0.717) is 5.69 Å². The van der Waals surface area contributed by atoms with E-state index in [-0.39, 0.29) is 23.0 Å². The van der Waals surface area contributed by atoms with E-state index in [4.69, 9.17) is 11.6 Å². The number of hydrogen-bond acceptors (Lipinski definition) is 2. The van der Waals surface area contributed by atoms with Crippen LogP contribution in [0.1, 0.15) is 30.5 Å². The third kappa shape index (κ3) is 3.54. The van der Waals surface area contributed by atoms with Gasteiger partial charge in [0.2, 0.25) is 5.91 Å². The highest BCUT2D eigenvalue weighted by atomic mass is 35.5. The van der Waals surface area contributed by atoms with Crippen LogP contribution in [-0.2, 0) is 11.2 Å². The lowest BCUT2D eigenvalue weighted by Gasteiger charge is -2.20. The molecule has 1 amide bonds. The molecule has 120 valence electrons. The highest BCUT2D eigenvalue weighted by Gasteiger charge is 2.25. The summed E-state index contributed by atoms with van der Waals surface area (Å²) in [6.45, 7) is 1.81. The van der Waals surface area contributed by atoms with Crippen molar-refractivity contribution in [1.29, 1.82) is 0 Å². The Morgan fingerprint density at radius 3 is 2.87 bits per heavy atom. The van der Waals surface area contributed by atoms with Crippen molar-refractivity contribution >= 4 is 23.2 Å². The average molecular weight is 333 g/mol. The van der Waals surface area contributed by atoms with Crippen molar-refractivity contribution in [2.45, 2.75) is 31.8 Å². The van der Waals surface area contributed by atoms with Crippen LogP contribution in [0.2, 0.25) is 5.02 Å². The lowest BCUT2D eigenvalue weighted by atomic mass is 10.1. The SMILES string of the molecule is C[C@@H](N[C@@H]1CCc2ccccc21)C(=O)Nc1ccc(F)cc1Cl. The van der Waals surface area contributed by atoms with Gasteiger partial charge in [0.15, 0.2) is 0 Å². The van der Waals surface area contributed by atoms with E-state index in [1.54, 1.807) is 0 Å². The number of carbonyl (C=O) groups is 1. The molecule has 2 N–H and O–H groups in total. The van der Waals surface area contributed by atoms with Gasteiger partial charge in [-0.1, -0.05) is 35.9 Å². The minimum absolute atomic E-state index is 0.177. The zero-order valence-corrected chi connectivity index (χ0v) is 13.5. The Kier molecular flexibility index (Phi) is 4.64. The topological polar surface area (TPSA) is 41.1 Å². The lowest BCUT2D eigenvalue weighted by molar-refractivity contribution is -0.118. The van der Waals surface area contributed by atoms with E-state index in [2.05, 4.69) is 22.8 Å². The molecule has 2 aromatic rings. The molecule has 0 bridgehead atoms. The predicted octanol–water partition coefficient (Wildman–Crippen LogP) is 4.08. The standard InChI is InChI=1S/C18H18ClFN2O/c1-11(18(23)22-17-9-7-13(20)10-15(17)19)21-16-8-6-12-4-2-3-5-14(12)16/h2-5,7,9-11,16,21H,6,8H2,1H3,(H,22,23)/t11-,16-/m1/s1. The first-order valence-corrected chi connectivity index (χ1v) is 8.02. The third-order valence-electron chi connectivity index (χ3n) is 4.17. The van der Waals surface area contributed by atoms with E-state index >= 15 is 0 Å². The molecule has 1 aliphatic rings. The molecule has 0 heterocycles. The number of benzene rings is 2. The molecular weight excluding hydrogens is 315 g/mol. The summed E-state index contributed by atoms with van der Waals surface area (Å²) < 4.78 is 13.0. The Morgan fingerprint density at radius 2 is 2.09 bits per heavy atom. The number of halogens is 2. The first kappa shape index (κ1) is 16.0. The zero-order chi connectivity index (χ0) is 16.4. The second-order valence-corrected chi connectivity index (χ2v) is 6.20. The monoisotopic (exact) mass is 332 g/mol. The normalized spacial score (nSPS) is 17.6. The Balaban J connectivity index is 1.64. The Hall–Kier alpha value is -1.91. The second kappa shape index (κ2) is 6.69. The molecule has 3 rings (SSSR count). The first-order chi connectivity index (χ1) is 11.0. The fourth-order valence-corrected chi connectivity index (χ4v) is 3.15. The van der Waals surface area contributed by atoms with Gasteiger partial charge in [0.05, 0.1) is 16.8 Å². The molecule has 0 saturated heterocycles. The maximum Gasteiger partial charge on any atom is 0.241 e. The predicted molar refractivity (Wildman–Crippen MR) is 90.1 cm³/mol. The number of aryl methyl sites for hydroxylation is 1. The summed E-state index contributed by atoms with van der Waals surface area (Å²) in [5.41, 5.74) is 3.00. The molecule has 0 spiro atoms. The van der Waals surface area contributed by atoms with Crippen LogP contribution in [0, 0.1) is 5.82 Å². The van der Waals surface area contributed by atoms with Gasteiger partial charge in [-0.25, -0.2) is 4.39 Å². The molecule has 0 unspecified atom stereocenters. The molecule has 5 heteroatoms. The van der Waals surface area contributed by atoms with Crippen LogP contribution in [0.25, 0.3) is 0 Å². The second-order valence-electron chi connectivity index (χ2n) is 5.79. The fourth-order valence-electron chi connectivity index (χ4n) is 2.94. The van der Waals surface area contributed by atoms with Gasteiger partial charge in [-0.2, -0.15) is 0 Å². The number of amides is 1. The molecule has 0 aromatic heterocycles. The molecule has 2 aromatic carbocycles. The van der Waals surface area contributed by atoms with Crippen LogP contribution in [0.5, 0.6) is 0 Å². The van der Waals surface area contributed by atoms with Crippen LogP contribution < -0.4 is 10.6 Å². The smallest absolute Gasteiger partial charge is 0.241 e. The number of rotatable bonds is 4. The van der Waals surface area contributed by atoms with E-state index < -0.39 is 5.82 Å². The number of fused-ring (bicyclic) bond motifs is 1. The van der Waals surface area contributed by atoms with Gasteiger partial charge in [0.25, 0.3) is 0 Å². The van der Waals surface area contributed by atoms with Crippen LogP contribution in [0.4, 0.5) is 10.1 Å². The fraction of sp³-hybridized carbons (Fsp3) is 0.278. The summed E-state index contributed by atoms with van der Waals surface area (Å²) in [6, 6.07) is 12.0. The van der Waals surface area contributed by atoms with Crippen molar-refractivity contribution < 1.29 is 9.18 Å². The van der Waals surface area contributed by atoms with Gasteiger partial charge < -0.3 is 5.32 Å². The number of anilines is 1. The molecule has 1 aliphatic carbocycles. The lowest BCUT2D eigenvalue weighted by Crippen LogP contribution is -2.39. The maximum atomic E-state index is 13.0. The summed E-state index contributed by atoms with van der Waals surface area (Å²) in [7, 11) is 0. The molecule has 23 heavy (non-hydrogen) atoms. The van der Waals surface area contributed by atoms with Crippen molar-refractivity contribution in [1.82, 2.24) is 5.32 Å². The highest BCUT2D eigenvalue weighted by molar-refractivity contribution is 6.33. The van der Waals surface area contributed by atoms with Gasteiger partial charge >= 0.3 is 0 Å². The van der Waals surface area contributed by atoms with Crippen molar-refractivity contribution in [3.05, 3.63) is 64.4 Å². The molecule has 0 saturated carbocycles. The molecule has 0 fully saturated rings. The van der Waals surface area contributed by atoms with Crippen LogP contribution in [0.15, 0.2) is 42.5 Å².